The molecular formula is C20H22F3NO4S2. The highest BCUT2D eigenvalue weighted by atomic mass is 32.2. The molecule has 0 atom stereocenters. The van der Waals surface area contributed by atoms with Gasteiger partial charge in [0.25, 0.3) is 0 Å². The molecule has 0 saturated carbocycles. The Bertz CT molecular complexity index is 980. The zero-order valence-electron chi connectivity index (χ0n) is 16.3. The minimum Gasteiger partial charge on any atom is -0.466 e. The molecule has 1 aliphatic heterocycles. The maximum atomic E-state index is 13.1. The van der Waals surface area contributed by atoms with Crippen LogP contribution in [0.4, 0.5) is 13.2 Å². The molecule has 1 fully saturated rings. The molecule has 1 aromatic heterocycles. The Kier molecular flexibility index (Phi) is 6.59. The summed E-state index contributed by atoms with van der Waals surface area (Å²) in [7, 11) is -3.66. The number of alkyl halides is 3. The van der Waals surface area contributed by atoms with E-state index in [1.54, 1.807) is 23.8 Å². The van der Waals surface area contributed by atoms with Crippen LogP contribution in [0.1, 0.15) is 30.9 Å². The first-order valence-electron chi connectivity index (χ1n) is 9.44. The molecule has 0 N–H and O–H groups in total. The summed E-state index contributed by atoms with van der Waals surface area (Å²) in [6.07, 6.45) is -4.08. The number of benzene rings is 1. The summed E-state index contributed by atoms with van der Waals surface area (Å²) in [6.45, 7) is 1.98. The SMILES string of the molecule is CCOC(=O)C1(Cc2cccc(C(F)(F)F)c2)CCN(S(=O)(=O)c2ccsc2)CC1. The van der Waals surface area contributed by atoms with Crippen LogP contribution >= 0.6 is 11.3 Å². The number of carbonyl (C=O) groups is 1. The van der Waals surface area contributed by atoms with Gasteiger partial charge >= 0.3 is 12.1 Å². The lowest BCUT2D eigenvalue weighted by Crippen LogP contribution is -2.48. The molecule has 0 radical (unpaired) electrons. The second-order valence-corrected chi connectivity index (χ2v) is 9.96. The van der Waals surface area contributed by atoms with Crippen molar-refractivity contribution >= 4 is 27.3 Å². The molecule has 0 unspecified atom stereocenters. The summed E-state index contributed by atoms with van der Waals surface area (Å²) < 4.78 is 71.3. The van der Waals surface area contributed by atoms with Crippen LogP contribution in [0.2, 0.25) is 0 Å². The van der Waals surface area contributed by atoms with Gasteiger partial charge in [0.1, 0.15) is 0 Å². The number of sulfonamides is 1. The van der Waals surface area contributed by atoms with Crippen LogP contribution in [0.3, 0.4) is 0 Å². The van der Waals surface area contributed by atoms with Crippen molar-refractivity contribution in [2.75, 3.05) is 19.7 Å². The molecule has 10 heteroatoms. The number of hydrogen-bond acceptors (Lipinski definition) is 5. The Labute approximate surface area is 177 Å². The van der Waals surface area contributed by atoms with Crippen LogP contribution in [-0.2, 0) is 32.2 Å². The van der Waals surface area contributed by atoms with Gasteiger partial charge in [-0.1, -0.05) is 18.2 Å². The van der Waals surface area contributed by atoms with Gasteiger partial charge in [0.05, 0.1) is 22.5 Å². The van der Waals surface area contributed by atoms with Gasteiger partial charge in [-0.2, -0.15) is 28.8 Å². The van der Waals surface area contributed by atoms with Gasteiger partial charge in [-0.3, -0.25) is 4.79 Å². The Balaban J connectivity index is 1.84. The molecule has 0 aliphatic carbocycles. The van der Waals surface area contributed by atoms with Crippen molar-refractivity contribution in [2.24, 2.45) is 5.41 Å². The number of rotatable bonds is 6. The number of hydrogen-bond donors (Lipinski definition) is 0. The number of nitrogens with zero attached hydrogens (tertiary/aromatic N) is 1. The first-order valence-corrected chi connectivity index (χ1v) is 11.8. The predicted octanol–water partition coefficient (Wildman–Crippen LogP) is 4.34. The maximum absolute atomic E-state index is 13.1. The van der Waals surface area contributed by atoms with Crippen molar-refractivity contribution in [2.45, 2.75) is 37.3 Å². The standard InChI is InChI=1S/C20H22F3NO4S2/c1-2-28-18(25)19(13-15-4-3-5-16(12-15)20(21,22)23)7-9-24(10-8-19)30(26,27)17-6-11-29-14-17/h3-6,11-12,14H,2,7-10,13H2,1H3. The van der Waals surface area contributed by atoms with Gasteiger partial charge in [-0.05, 0) is 49.3 Å². The molecule has 2 heterocycles. The summed E-state index contributed by atoms with van der Waals surface area (Å²) in [5.74, 6) is -0.505. The number of carbonyl (C=O) groups excluding carboxylic acids is 1. The highest BCUT2D eigenvalue weighted by Gasteiger charge is 2.45. The van der Waals surface area contributed by atoms with Crippen molar-refractivity contribution in [1.29, 1.82) is 0 Å². The van der Waals surface area contributed by atoms with Crippen LogP contribution < -0.4 is 0 Å². The van der Waals surface area contributed by atoms with E-state index in [0.29, 0.717) is 5.56 Å². The number of ether oxygens (including phenoxy) is 1. The van der Waals surface area contributed by atoms with E-state index in [4.69, 9.17) is 4.74 Å². The quantitative estimate of drug-likeness (QED) is 0.601. The topological polar surface area (TPSA) is 63.7 Å². The second kappa shape index (κ2) is 8.68. The predicted molar refractivity (Wildman–Crippen MR) is 107 cm³/mol. The smallest absolute Gasteiger partial charge is 0.416 e. The average molecular weight is 462 g/mol. The van der Waals surface area contributed by atoms with Gasteiger partial charge in [-0.25, -0.2) is 8.42 Å². The molecule has 1 aromatic carbocycles. The third-order valence-electron chi connectivity index (χ3n) is 5.32. The number of esters is 1. The van der Waals surface area contributed by atoms with E-state index in [0.717, 1.165) is 12.1 Å². The van der Waals surface area contributed by atoms with Gasteiger partial charge < -0.3 is 4.74 Å². The molecule has 1 saturated heterocycles. The van der Waals surface area contributed by atoms with Crippen LogP contribution in [0, 0.1) is 5.41 Å². The fraction of sp³-hybridized carbons (Fsp3) is 0.450. The largest absolute Gasteiger partial charge is 0.466 e. The lowest BCUT2D eigenvalue weighted by Gasteiger charge is -2.39. The van der Waals surface area contributed by atoms with E-state index in [1.165, 1.54) is 27.8 Å². The summed E-state index contributed by atoms with van der Waals surface area (Å²) >= 11 is 1.27. The second-order valence-electron chi connectivity index (χ2n) is 7.24. The maximum Gasteiger partial charge on any atom is 0.416 e. The summed E-state index contributed by atoms with van der Waals surface area (Å²) in [4.78, 5) is 13.0. The number of thiophene rings is 1. The molecule has 0 amide bonds. The van der Waals surface area contributed by atoms with Crippen LogP contribution in [0.5, 0.6) is 0 Å². The van der Waals surface area contributed by atoms with Gasteiger partial charge in [0.15, 0.2) is 0 Å². The third kappa shape index (κ3) is 4.70. The minimum atomic E-state index is -4.48. The van der Waals surface area contributed by atoms with Gasteiger partial charge in [-0.15, -0.1) is 0 Å². The molecule has 5 nitrogen and oxygen atoms in total. The Morgan fingerprint density at radius 3 is 2.50 bits per heavy atom. The highest BCUT2D eigenvalue weighted by molar-refractivity contribution is 7.89. The van der Waals surface area contributed by atoms with Crippen molar-refractivity contribution in [3.8, 4) is 0 Å². The average Bonchev–Trinajstić information content (AvgIpc) is 3.24. The first kappa shape index (κ1) is 22.8. The van der Waals surface area contributed by atoms with E-state index in [9.17, 15) is 26.4 Å². The fourth-order valence-electron chi connectivity index (χ4n) is 3.69. The van der Waals surface area contributed by atoms with Crippen LogP contribution in [0.15, 0.2) is 46.0 Å². The summed E-state index contributed by atoms with van der Waals surface area (Å²) in [5, 5.41) is 3.22. The van der Waals surface area contributed by atoms with Gasteiger partial charge in [0.2, 0.25) is 10.0 Å². The zero-order valence-corrected chi connectivity index (χ0v) is 17.9. The monoisotopic (exact) mass is 461 g/mol. The molecule has 30 heavy (non-hydrogen) atoms. The lowest BCUT2D eigenvalue weighted by atomic mass is 9.74. The summed E-state index contributed by atoms with van der Waals surface area (Å²) in [5.41, 5.74) is -1.48. The molecular weight excluding hydrogens is 439 g/mol. The molecule has 0 bridgehead atoms. The zero-order chi connectivity index (χ0) is 22.0. The molecule has 1 aliphatic rings. The van der Waals surface area contributed by atoms with E-state index in [2.05, 4.69) is 0 Å². The Hall–Kier alpha value is -1.91. The van der Waals surface area contributed by atoms with Crippen molar-refractivity contribution < 1.29 is 31.1 Å². The van der Waals surface area contributed by atoms with E-state index in [1.807, 2.05) is 0 Å². The molecule has 2 aromatic rings. The highest BCUT2D eigenvalue weighted by Crippen LogP contribution is 2.39. The number of piperidine rings is 1. The van der Waals surface area contributed by atoms with E-state index >= 15 is 0 Å². The van der Waals surface area contributed by atoms with Crippen LogP contribution in [-0.4, -0.2) is 38.4 Å². The Morgan fingerprint density at radius 2 is 1.93 bits per heavy atom. The third-order valence-corrected chi connectivity index (χ3v) is 8.04. The van der Waals surface area contributed by atoms with Gasteiger partial charge in [0, 0.05) is 18.5 Å². The number of halogens is 3. The Morgan fingerprint density at radius 1 is 1.23 bits per heavy atom. The molecule has 0 spiro atoms. The van der Waals surface area contributed by atoms with Crippen molar-refractivity contribution in [3.63, 3.8) is 0 Å². The molecule has 3 rings (SSSR count). The fourth-order valence-corrected chi connectivity index (χ4v) is 6.15. The van der Waals surface area contributed by atoms with E-state index < -0.39 is 33.1 Å². The summed E-state index contributed by atoms with van der Waals surface area (Å²) in [6, 6.07) is 6.40. The van der Waals surface area contributed by atoms with E-state index in [-0.39, 0.29) is 43.9 Å². The normalized spacial score (nSPS) is 17.6. The molecule has 164 valence electrons. The minimum absolute atomic E-state index is 0.0576. The first-order chi connectivity index (χ1) is 14.1. The lowest BCUT2D eigenvalue weighted by molar-refractivity contribution is -0.158. The van der Waals surface area contributed by atoms with Crippen molar-refractivity contribution in [1.82, 2.24) is 4.31 Å². The van der Waals surface area contributed by atoms with Crippen molar-refractivity contribution in [3.05, 3.63) is 52.2 Å². The van der Waals surface area contributed by atoms with Crippen LogP contribution in [0.25, 0.3) is 0 Å².